The SMILES string of the molecule is CCCCCCCCCCCCCCCCC[C@H](O)COC(=O)CCC. The molecule has 0 aliphatic heterocycles. The van der Waals surface area contributed by atoms with Gasteiger partial charge in [0, 0.05) is 6.42 Å². The maximum atomic E-state index is 11.2. The molecule has 0 saturated heterocycles. The molecule has 156 valence electrons. The van der Waals surface area contributed by atoms with E-state index in [-0.39, 0.29) is 12.6 Å². The van der Waals surface area contributed by atoms with E-state index in [0.29, 0.717) is 6.42 Å². The van der Waals surface area contributed by atoms with Gasteiger partial charge in [0.15, 0.2) is 0 Å². The Hall–Kier alpha value is -0.570. The van der Waals surface area contributed by atoms with Crippen LogP contribution in [-0.2, 0) is 9.53 Å². The second-order valence-corrected chi connectivity index (χ2v) is 7.83. The highest BCUT2D eigenvalue weighted by molar-refractivity contribution is 5.69. The molecule has 0 rings (SSSR count). The van der Waals surface area contributed by atoms with Gasteiger partial charge in [-0.2, -0.15) is 0 Å². The van der Waals surface area contributed by atoms with Gasteiger partial charge in [0.05, 0.1) is 6.10 Å². The van der Waals surface area contributed by atoms with Crippen molar-refractivity contribution >= 4 is 5.97 Å². The zero-order valence-corrected chi connectivity index (χ0v) is 17.8. The van der Waals surface area contributed by atoms with E-state index in [4.69, 9.17) is 4.74 Å². The molecule has 1 atom stereocenters. The lowest BCUT2D eigenvalue weighted by Gasteiger charge is -2.11. The first-order valence-electron chi connectivity index (χ1n) is 11.5. The summed E-state index contributed by atoms with van der Waals surface area (Å²) in [6.07, 6.45) is 21.8. The number of carbonyl (C=O) groups excluding carboxylic acids is 1. The summed E-state index contributed by atoms with van der Waals surface area (Å²) in [5.41, 5.74) is 0. The van der Waals surface area contributed by atoms with Crippen molar-refractivity contribution in [2.75, 3.05) is 6.61 Å². The molecule has 1 N–H and O–H groups in total. The Kier molecular flexibility index (Phi) is 20.3. The van der Waals surface area contributed by atoms with Crippen LogP contribution in [0.3, 0.4) is 0 Å². The fraction of sp³-hybridized carbons (Fsp3) is 0.957. The van der Waals surface area contributed by atoms with E-state index >= 15 is 0 Å². The van der Waals surface area contributed by atoms with Crippen molar-refractivity contribution in [3.8, 4) is 0 Å². The third kappa shape index (κ3) is 19.8. The van der Waals surface area contributed by atoms with Crippen LogP contribution in [0.15, 0.2) is 0 Å². The molecule has 0 amide bonds. The number of hydrogen-bond acceptors (Lipinski definition) is 3. The van der Waals surface area contributed by atoms with Crippen LogP contribution >= 0.6 is 0 Å². The summed E-state index contributed by atoms with van der Waals surface area (Å²) < 4.78 is 5.03. The predicted molar refractivity (Wildman–Crippen MR) is 111 cm³/mol. The molecule has 0 aromatic heterocycles. The molecule has 0 bridgehead atoms. The van der Waals surface area contributed by atoms with Crippen LogP contribution in [0.1, 0.15) is 129 Å². The van der Waals surface area contributed by atoms with Crippen molar-refractivity contribution < 1.29 is 14.6 Å². The average molecular weight is 371 g/mol. The predicted octanol–water partition coefficient (Wildman–Crippen LogP) is 6.95. The Balaban J connectivity index is 3.16. The molecule has 0 heterocycles. The van der Waals surface area contributed by atoms with Gasteiger partial charge in [0.25, 0.3) is 0 Å². The van der Waals surface area contributed by atoms with Crippen LogP contribution in [-0.4, -0.2) is 23.8 Å². The monoisotopic (exact) mass is 370 g/mol. The van der Waals surface area contributed by atoms with Gasteiger partial charge in [-0.3, -0.25) is 4.79 Å². The van der Waals surface area contributed by atoms with Gasteiger partial charge in [0.2, 0.25) is 0 Å². The molecule has 0 saturated carbocycles. The summed E-state index contributed by atoms with van der Waals surface area (Å²) in [6, 6.07) is 0. The van der Waals surface area contributed by atoms with Crippen molar-refractivity contribution in [2.45, 2.75) is 136 Å². The lowest BCUT2D eigenvalue weighted by Crippen LogP contribution is -2.18. The van der Waals surface area contributed by atoms with Gasteiger partial charge in [-0.05, 0) is 12.8 Å². The number of unbranched alkanes of at least 4 members (excludes halogenated alkanes) is 14. The third-order valence-corrected chi connectivity index (χ3v) is 5.03. The highest BCUT2D eigenvalue weighted by Gasteiger charge is 2.07. The van der Waals surface area contributed by atoms with Gasteiger partial charge >= 0.3 is 5.97 Å². The van der Waals surface area contributed by atoms with Gasteiger partial charge in [0.1, 0.15) is 6.61 Å². The Morgan fingerprint density at radius 2 is 1.12 bits per heavy atom. The number of aliphatic hydroxyl groups is 1. The first-order chi connectivity index (χ1) is 12.7. The number of hydrogen-bond donors (Lipinski definition) is 1. The van der Waals surface area contributed by atoms with Crippen LogP contribution in [0.2, 0.25) is 0 Å². The summed E-state index contributed by atoms with van der Waals surface area (Å²) in [4.78, 5) is 11.2. The smallest absolute Gasteiger partial charge is 0.305 e. The Morgan fingerprint density at radius 3 is 1.54 bits per heavy atom. The number of rotatable bonds is 20. The molecule has 0 aromatic carbocycles. The summed E-state index contributed by atoms with van der Waals surface area (Å²) in [7, 11) is 0. The molecule has 0 aliphatic carbocycles. The minimum absolute atomic E-state index is 0.164. The molecule has 26 heavy (non-hydrogen) atoms. The van der Waals surface area contributed by atoms with Crippen LogP contribution in [0.4, 0.5) is 0 Å². The first kappa shape index (κ1) is 25.4. The van der Waals surface area contributed by atoms with Crippen LogP contribution in [0, 0.1) is 0 Å². The number of carbonyl (C=O) groups is 1. The molecule has 3 heteroatoms. The molecular formula is C23H46O3. The van der Waals surface area contributed by atoms with Gasteiger partial charge < -0.3 is 9.84 Å². The van der Waals surface area contributed by atoms with Crippen LogP contribution in [0.25, 0.3) is 0 Å². The highest BCUT2D eigenvalue weighted by Crippen LogP contribution is 2.14. The quantitative estimate of drug-likeness (QED) is 0.186. The standard InChI is InChI=1S/C23H46O3/c1-3-5-6-7-8-9-10-11-12-13-14-15-16-17-18-20-22(24)21-26-23(25)19-4-2/h22,24H,3-21H2,1-2H3/t22-/m0/s1. The molecule has 0 aliphatic rings. The summed E-state index contributed by atoms with van der Waals surface area (Å²) in [5.74, 6) is -0.192. The van der Waals surface area contributed by atoms with E-state index in [0.717, 1.165) is 19.3 Å². The van der Waals surface area contributed by atoms with Crippen molar-refractivity contribution in [1.29, 1.82) is 0 Å². The topological polar surface area (TPSA) is 46.5 Å². The highest BCUT2D eigenvalue weighted by atomic mass is 16.5. The normalized spacial score (nSPS) is 12.3. The molecule has 0 unspecified atom stereocenters. The molecular weight excluding hydrogens is 324 g/mol. The van der Waals surface area contributed by atoms with Crippen molar-refractivity contribution in [3.63, 3.8) is 0 Å². The van der Waals surface area contributed by atoms with E-state index < -0.39 is 6.10 Å². The molecule has 3 nitrogen and oxygen atoms in total. The number of esters is 1. The fourth-order valence-electron chi connectivity index (χ4n) is 3.30. The minimum atomic E-state index is -0.488. The average Bonchev–Trinajstić information content (AvgIpc) is 2.63. The number of aliphatic hydroxyl groups excluding tert-OH is 1. The van der Waals surface area contributed by atoms with E-state index in [1.807, 2.05) is 6.92 Å². The van der Waals surface area contributed by atoms with Gasteiger partial charge in [-0.15, -0.1) is 0 Å². The van der Waals surface area contributed by atoms with E-state index in [1.54, 1.807) is 0 Å². The van der Waals surface area contributed by atoms with E-state index in [9.17, 15) is 9.90 Å². The second kappa shape index (κ2) is 20.7. The molecule has 0 spiro atoms. The Labute approximate surface area is 163 Å². The molecule has 0 radical (unpaired) electrons. The summed E-state index contributed by atoms with van der Waals surface area (Å²) in [5, 5.41) is 9.79. The fourth-order valence-corrected chi connectivity index (χ4v) is 3.30. The second-order valence-electron chi connectivity index (χ2n) is 7.83. The van der Waals surface area contributed by atoms with Gasteiger partial charge in [-0.1, -0.05) is 110 Å². The third-order valence-electron chi connectivity index (χ3n) is 5.03. The maximum absolute atomic E-state index is 11.2. The number of ether oxygens (including phenoxy) is 1. The Bertz CT molecular complexity index is 291. The molecule has 0 aromatic rings. The summed E-state index contributed by atoms with van der Waals surface area (Å²) >= 11 is 0. The maximum Gasteiger partial charge on any atom is 0.305 e. The zero-order chi connectivity index (χ0) is 19.3. The van der Waals surface area contributed by atoms with Crippen LogP contribution in [0.5, 0.6) is 0 Å². The largest absolute Gasteiger partial charge is 0.463 e. The Morgan fingerprint density at radius 1 is 0.692 bits per heavy atom. The van der Waals surface area contributed by atoms with Gasteiger partial charge in [-0.25, -0.2) is 0 Å². The minimum Gasteiger partial charge on any atom is -0.463 e. The van der Waals surface area contributed by atoms with Crippen LogP contribution < -0.4 is 0 Å². The van der Waals surface area contributed by atoms with E-state index in [2.05, 4.69) is 6.92 Å². The lowest BCUT2D eigenvalue weighted by atomic mass is 10.0. The summed E-state index contributed by atoms with van der Waals surface area (Å²) in [6.45, 7) is 4.39. The zero-order valence-electron chi connectivity index (χ0n) is 17.8. The van der Waals surface area contributed by atoms with Crippen molar-refractivity contribution in [1.82, 2.24) is 0 Å². The van der Waals surface area contributed by atoms with E-state index in [1.165, 1.54) is 89.9 Å². The lowest BCUT2D eigenvalue weighted by molar-refractivity contribution is -0.146. The van der Waals surface area contributed by atoms with Crippen molar-refractivity contribution in [3.05, 3.63) is 0 Å². The van der Waals surface area contributed by atoms with Crippen molar-refractivity contribution in [2.24, 2.45) is 0 Å². The first-order valence-corrected chi connectivity index (χ1v) is 11.5. The molecule has 0 fully saturated rings.